The van der Waals surface area contributed by atoms with E-state index >= 15 is 0 Å². The minimum Gasteiger partial charge on any atom is -0.508 e. The molecule has 0 aliphatic carbocycles. The minimum atomic E-state index is -0.215. The van der Waals surface area contributed by atoms with Crippen molar-refractivity contribution in [3.05, 3.63) is 59.7 Å². The third-order valence-electron chi connectivity index (χ3n) is 5.87. The number of hydrogen-bond donors (Lipinski definition) is 2. The van der Waals surface area contributed by atoms with Crippen LogP contribution in [0.3, 0.4) is 0 Å². The number of unbranched alkanes of at least 4 members (excludes halogenated alkanes) is 1. The van der Waals surface area contributed by atoms with E-state index < -0.39 is 0 Å². The SMILES string of the molecule is CC(CCCCC1C(C)c2c(O)cccc2N1Cc1ccccc1)C(N)=O. The van der Waals surface area contributed by atoms with Gasteiger partial charge < -0.3 is 15.7 Å². The highest BCUT2D eigenvalue weighted by atomic mass is 16.3. The Morgan fingerprint density at radius 1 is 1.15 bits per heavy atom. The van der Waals surface area contributed by atoms with Gasteiger partial charge in [0, 0.05) is 35.7 Å². The van der Waals surface area contributed by atoms with Gasteiger partial charge in [0.15, 0.2) is 0 Å². The number of carbonyl (C=O) groups is 1. The van der Waals surface area contributed by atoms with Gasteiger partial charge in [-0.05, 0) is 30.5 Å². The smallest absolute Gasteiger partial charge is 0.220 e. The zero-order valence-corrected chi connectivity index (χ0v) is 16.3. The first kappa shape index (κ1) is 19.3. The highest BCUT2D eigenvalue weighted by Gasteiger charge is 2.37. The first-order valence-electron chi connectivity index (χ1n) is 9.90. The summed E-state index contributed by atoms with van der Waals surface area (Å²) in [6.45, 7) is 4.94. The van der Waals surface area contributed by atoms with E-state index in [4.69, 9.17) is 5.73 Å². The van der Waals surface area contributed by atoms with Crippen LogP contribution in [0.5, 0.6) is 5.75 Å². The van der Waals surface area contributed by atoms with Crippen LogP contribution in [-0.2, 0) is 11.3 Å². The second-order valence-corrected chi connectivity index (χ2v) is 7.77. The zero-order chi connectivity index (χ0) is 19.4. The molecule has 3 rings (SSSR count). The fraction of sp³-hybridized carbons (Fsp3) is 0.435. The number of phenols is 1. The molecule has 0 spiro atoms. The fourth-order valence-corrected chi connectivity index (χ4v) is 4.23. The summed E-state index contributed by atoms with van der Waals surface area (Å²) >= 11 is 0. The third kappa shape index (κ3) is 4.26. The maximum Gasteiger partial charge on any atom is 0.220 e. The van der Waals surface area contributed by atoms with E-state index in [9.17, 15) is 9.90 Å². The molecule has 2 aromatic carbocycles. The highest BCUT2D eigenvalue weighted by Crippen LogP contribution is 2.47. The van der Waals surface area contributed by atoms with E-state index in [1.54, 1.807) is 6.07 Å². The molecule has 0 saturated carbocycles. The van der Waals surface area contributed by atoms with Crippen LogP contribution in [0.1, 0.15) is 56.6 Å². The van der Waals surface area contributed by atoms with Crippen molar-refractivity contribution in [1.82, 2.24) is 0 Å². The van der Waals surface area contributed by atoms with Crippen LogP contribution in [0.15, 0.2) is 48.5 Å². The predicted molar refractivity (Wildman–Crippen MR) is 110 cm³/mol. The number of nitrogens with zero attached hydrogens (tertiary/aromatic N) is 1. The monoisotopic (exact) mass is 366 g/mol. The number of rotatable bonds is 8. The van der Waals surface area contributed by atoms with Gasteiger partial charge in [0.1, 0.15) is 5.75 Å². The van der Waals surface area contributed by atoms with E-state index in [1.165, 1.54) is 5.56 Å². The lowest BCUT2D eigenvalue weighted by Crippen LogP contribution is -2.33. The van der Waals surface area contributed by atoms with Gasteiger partial charge in [-0.2, -0.15) is 0 Å². The van der Waals surface area contributed by atoms with E-state index in [0.717, 1.165) is 43.5 Å². The first-order chi connectivity index (χ1) is 13.0. The summed E-state index contributed by atoms with van der Waals surface area (Å²) in [7, 11) is 0. The molecule has 0 aromatic heterocycles. The summed E-state index contributed by atoms with van der Waals surface area (Å²) in [5, 5.41) is 10.4. The molecule has 0 fully saturated rings. The number of amides is 1. The van der Waals surface area contributed by atoms with Crippen molar-refractivity contribution in [3.8, 4) is 5.75 Å². The normalized spacial score (nSPS) is 19.7. The number of fused-ring (bicyclic) bond motifs is 1. The summed E-state index contributed by atoms with van der Waals surface area (Å²) in [5.74, 6) is 0.390. The van der Waals surface area contributed by atoms with Gasteiger partial charge in [0.25, 0.3) is 0 Å². The molecule has 1 heterocycles. The molecule has 0 radical (unpaired) electrons. The molecule has 4 nitrogen and oxygen atoms in total. The van der Waals surface area contributed by atoms with Gasteiger partial charge in [-0.25, -0.2) is 0 Å². The topological polar surface area (TPSA) is 66.6 Å². The lowest BCUT2D eigenvalue weighted by atomic mass is 9.92. The summed E-state index contributed by atoms with van der Waals surface area (Å²) in [6.07, 6.45) is 3.92. The average Bonchev–Trinajstić information content (AvgIpc) is 2.92. The maximum atomic E-state index is 11.2. The highest BCUT2D eigenvalue weighted by molar-refractivity contribution is 5.76. The van der Waals surface area contributed by atoms with E-state index in [-0.39, 0.29) is 17.7 Å². The molecule has 4 heteroatoms. The fourth-order valence-electron chi connectivity index (χ4n) is 4.23. The Labute approximate surface area is 162 Å². The third-order valence-corrected chi connectivity index (χ3v) is 5.87. The molecular weight excluding hydrogens is 336 g/mol. The molecule has 3 atom stereocenters. The van der Waals surface area contributed by atoms with Crippen LogP contribution in [-0.4, -0.2) is 17.1 Å². The van der Waals surface area contributed by atoms with Crippen LogP contribution in [0.25, 0.3) is 0 Å². The number of nitrogens with two attached hydrogens (primary N) is 1. The maximum absolute atomic E-state index is 11.2. The van der Waals surface area contributed by atoms with Gasteiger partial charge in [-0.1, -0.05) is 63.1 Å². The number of primary amides is 1. The van der Waals surface area contributed by atoms with Crippen LogP contribution in [0.4, 0.5) is 5.69 Å². The molecule has 1 aliphatic heterocycles. The van der Waals surface area contributed by atoms with Crippen LogP contribution in [0.2, 0.25) is 0 Å². The van der Waals surface area contributed by atoms with Crippen molar-refractivity contribution in [2.24, 2.45) is 11.7 Å². The minimum absolute atomic E-state index is 0.0623. The van der Waals surface area contributed by atoms with E-state index in [1.807, 2.05) is 19.1 Å². The van der Waals surface area contributed by atoms with Gasteiger partial charge in [-0.3, -0.25) is 4.79 Å². The molecule has 1 aliphatic rings. The molecule has 2 aromatic rings. The Kier molecular flexibility index (Phi) is 6.04. The number of carbonyl (C=O) groups excluding carboxylic acids is 1. The lowest BCUT2D eigenvalue weighted by molar-refractivity contribution is -0.121. The number of benzene rings is 2. The van der Waals surface area contributed by atoms with Crippen molar-refractivity contribution in [2.75, 3.05) is 4.90 Å². The van der Waals surface area contributed by atoms with E-state index in [0.29, 0.717) is 11.8 Å². The Balaban J connectivity index is 1.74. The summed E-state index contributed by atoms with van der Waals surface area (Å²) < 4.78 is 0. The van der Waals surface area contributed by atoms with Crippen LogP contribution < -0.4 is 10.6 Å². The summed E-state index contributed by atoms with van der Waals surface area (Å²) in [5.41, 5.74) is 8.84. The molecule has 0 bridgehead atoms. The molecule has 27 heavy (non-hydrogen) atoms. The molecule has 0 saturated heterocycles. The zero-order valence-electron chi connectivity index (χ0n) is 16.3. The lowest BCUT2D eigenvalue weighted by Gasteiger charge is -2.30. The number of hydrogen-bond acceptors (Lipinski definition) is 3. The predicted octanol–water partition coefficient (Wildman–Crippen LogP) is 4.57. The largest absolute Gasteiger partial charge is 0.508 e. The summed E-state index contributed by atoms with van der Waals surface area (Å²) in [6, 6.07) is 16.6. The van der Waals surface area contributed by atoms with Crippen LogP contribution in [0, 0.1) is 5.92 Å². The Hall–Kier alpha value is -2.49. The van der Waals surface area contributed by atoms with Crippen molar-refractivity contribution in [1.29, 1.82) is 0 Å². The number of phenolic OH excluding ortho intramolecular Hbond substituents is 1. The second kappa shape index (κ2) is 8.47. The van der Waals surface area contributed by atoms with Crippen molar-refractivity contribution < 1.29 is 9.90 Å². The average molecular weight is 367 g/mol. The van der Waals surface area contributed by atoms with Gasteiger partial charge in [0.2, 0.25) is 5.91 Å². The first-order valence-corrected chi connectivity index (χ1v) is 9.90. The van der Waals surface area contributed by atoms with E-state index in [2.05, 4.69) is 42.2 Å². The Bertz CT molecular complexity index is 775. The molecular formula is C23H30N2O2. The summed E-state index contributed by atoms with van der Waals surface area (Å²) in [4.78, 5) is 13.7. The molecule has 3 N–H and O–H groups in total. The molecule has 1 amide bonds. The van der Waals surface area contributed by atoms with Crippen molar-refractivity contribution in [2.45, 2.75) is 58.0 Å². The Morgan fingerprint density at radius 2 is 1.89 bits per heavy atom. The standard InChI is InChI=1S/C23H30N2O2/c1-16(23(24)27)9-6-7-12-19-17(2)22-20(13-8-14-21(22)26)25(19)15-18-10-4-3-5-11-18/h3-5,8,10-11,13-14,16-17,19,26H,6-7,9,12,15H2,1-2H3,(H2,24,27). The molecule has 144 valence electrons. The quantitative estimate of drug-likeness (QED) is 0.673. The van der Waals surface area contributed by atoms with Crippen LogP contribution >= 0.6 is 0 Å². The van der Waals surface area contributed by atoms with Gasteiger partial charge >= 0.3 is 0 Å². The second-order valence-electron chi connectivity index (χ2n) is 7.77. The van der Waals surface area contributed by atoms with Gasteiger partial charge in [0.05, 0.1) is 0 Å². The molecule has 3 unspecified atom stereocenters. The Morgan fingerprint density at radius 3 is 2.59 bits per heavy atom. The van der Waals surface area contributed by atoms with Gasteiger partial charge in [-0.15, -0.1) is 0 Å². The van der Waals surface area contributed by atoms with Crippen molar-refractivity contribution in [3.63, 3.8) is 0 Å². The number of aromatic hydroxyl groups is 1. The number of anilines is 1. The van der Waals surface area contributed by atoms with Crippen molar-refractivity contribution >= 4 is 11.6 Å².